The number of azide groups is 1. The van der Waals surface area contributed by atoms with Crippen molar-refractivity contribution in [2.24, 2.45) is 5.11 Å². The fraction of sp³-hybridized carbons (Fsp3) is 0.444. The molecule has 0 amide bonds. The van der Waals surface area contributed by atoms with E-state index in [1.54, 1.807) is 0 Å². The molecule has 0 saturated carbocycles. The van der Waals surface area contributed by atoms with Crippen LogP contribution in [0.2, 0.25) is 0 Å². The minimum absolute atomic E-state index is 0.0387. The molecule has 1 aromatic heterocycles. The number of halogens is 2. The van der Waals surface area contributed by atoms with Gasteiger partial charge < -0.3 is 5.11 Å². The van der Waals surface area contributed by atoms with Gasteiger partial charge in [-0.05, 0) is 34.5 Å². The van der Waals surface area contributed by atoms with Gasteiger partial charge in [0.15, 0.2) is 0 Å². The second-order valence-corrected chi connectivity index (χ2v) is 6.16. The molecule has 0 fully saturated rings. The molecule has 1 aromatic rings. The molecule has 1 rings (SSSR count). The molecule has 0 spiro atoms. The molecule has 0 aliphatic carbocycles. The van der Waals surface area contributed by atoms with Gasteiger partial charge in [0.25, 0.3) is 10.1 Å². The van der Waals surface area contributed by atoms with Gasteiger partial charge in [-0.1, -0.05) is 5.11 Å². The predicted molar refractivity (Wildman–Crippen MR) is 73.0 cm³/mol. The van der Waals surface area contributed by atoms with Gasteiger partial charge in [0.2, 0.25) is 0 Å². The largest absolute Gasteiger partial charge is 0.385 e. The smallest absolute Gasteiger partial charge is 0.261 e. The molecule has 1 atom stereocenters. The highest BCUT2D eigenvalue weighted by atomic mass is 79.9. The Hall–Kier alpha value is -1.26. The summed E-state index contributed by atoms with van der Waals surface area (Å²) in [6, 6.07) is 1.35. The first-order valence-corrected chi connectivity index (χ1v) is 7.58. The van der Waals surface area contributed by atoms with Gasteiger partial charge in [-0.3, -0.25) is 4.55 Å². The van der Waals surface area contributed by atoms with Crippen LogP contribution in [-0.4, -0.2) is 35.9 Å². The quantitative estimate of drug-likeness (QED) is 0.275. The first kappa shape index (κ1) is 18.7. The molecular formula is C9H12BrFN4O4S. The van der Waals surface area contributed by atoms with Crippen LogP contribution in [0.25, 0.3) is 10.4 Å². The van der Waals surface area contributed by atoms with Crippen molar-refractivity contribution in [3.8, 4) is 0 Å². The molecule has 20 heavy (non-hydrogen) atoms. The number of hydrogen-bond acceptors (Lipinski definition) is 5. The highest BCUT2D eigenvalue weighted by molar-refractivity contribution is 9.10. The topological polar surface area (TPSA) is 136 Å². The molecule has 11 heteroatoms. The summed E-state index contributed by atoms with van der Waals surface area (Å²) in [5.41, 5.74) is 6.63. The van der Waals surface area contributed by atoms with Crippen molar-refractivity contribution in [3.05, 3.63) is 38.7 Å². The van der Waals surface area contributed by atoms with Crippen molar-refractivity contribution in [2.45, 2.75) is 12.5 Å². The first-order valence-electron chi connectivity index (χ1n) is 4.94. The van der Waals surface area contributed by atoms with E-state index in [0.29, 0.717) is 10.9 Å². The van der Waals surface area contributed by atoms with E-state index in [9.17, 15) is 17.9 Å². The first-order chi connectivity index (χ1) is 8.97. The lowest BCUT2D eigenvalue weighted by Gasteiger charge is -2.21. The van der Waals surface area contributed by atoms with Crippen molar-refractivity contribution in [2.75, 3.05) is 12.8 Å². The number of hydrogen-bond donors (Lipinski definition) is 2. The molecule has 1 unspecified atom stereocenters. The second kappa shape index (κ2) is 7.50. The lowest BCUT2D eigenvalue weighted by atomic mass is 9.97. The van der Waals surface area contributed by atoms with Gasteiger partial charge >= 0.3 is 0 Å². The summed E-state index contributed by atoms with van der Waals surface area (Å²) in [6.45, 7) is 1.13. The van der Waals surface area contributed by atoms with Crippen LogP contribution in [0.3, 0.4) is 0 Å². The van der Waals surface area contributed by atoms with Crippen molar-refractivity contribution >= 4 is 26.0 Å². The van der Waals surface area contributed by atoms with E-state index in [-0.39, 0.29) is 12.1 Å². The summed E-state index contributed by atoms with van der Waals surface area (Å²) in [4.78, 5) is 6.17. The van der Waals surface area contributed by atoms with Crippen LogP contribution in [0.15, 0.2) is 22.0 Å². The fourth-order valence-electron chi connectivity index (χ4n) is 1.08. The molecule has 1 heterocycles. The summed E-state index contributed by atoms with van der Waals surface area (Å²) in [7, 11) is -3.67. The highest BCUT2D eigenvalue weighted by Gasteiger charge is 2.26. The third-order valence-electron chi connectivity index (χ3n) is 1.84. The van der Waals surface area contributed by atoms with Gasteiger partial charge in [-0.2, -0.15) is 8.42 Å². The number of aromatic nitrogens is 1. The maximum atomic E-state index is 13.3. The van der Waals surface area contributed by atoms with Crippen molar-refractivity contribution < 1.29 is 22.5 Å². The van der Waals surface area contributed by atoms with Gasteiger partial charge in [0, 0.05) is 10.5 Å². The molecule has 0 bridgehead atoms. The molecule has 0 aliphatic rings. The molecule has 0 aliphatic heterocycles. The summed E-state index contributed by atoms with van der Waals surface area (Å²) in [5, 5.41) is 13.1. The molecule has 0 aromatic carbocycles. The number of pyridine rings is 1. The van der Waals surface area contributed by atoms with E-state index in [1.165, 1.54) is 13.0 Å². The van der Waals surface area contributed by atoms with Crippen LogP contribution in [0.1, 0.15) is 12.5 Å². The Balaban J connectivity index is 0.000000621. The van der Waals surface area contributed by atoms with E-state index < -0.39 is 21.5 Å². The maximum Gasteiger partial charge on any atom is 0.261 e. The van der Waals surface area contributed by atoms with Crippen molar-refractivity contribution in [3.63, 3.8) is 0 Å². The molecule has 0 radical (unpaired) electrons. The lowest BCUT2D eigenvalue weighted by molar-refractivity contribution is 0.0628. The summed E-state index contributed by atoms with van der Waals surface area (Å²) in [5.74, 6) is -0.642. The zero-order valence-electron chi connectivity index (χ0n) is 10.5. The number of aliphatic hydroxyl groups is 1. The van der Waals surface area contributed by atoms with Crippen LogP contribution in [0.4, 0.5) is 4.39 Å². The summed E-state index contributed by atoms with van der Waals surface area (Å²) >= 11 is 3.06. The second-order valence-electron chi connectivity index (χ2n) is 3.88. The molecule has 8 nitrogen and oxygen atoms in total. The lowest BCUT2D eigenvalue weighted by Crippen LogP contribution is -2.26. The average molecular weight is 371 g/mol. The van der Waals surface area contributed by atoms with E-state index in [2.05, 4.69) is 30.9 Å². The minimum Gasteiger partial charge on any atom is -0.385 e. The van der Waals surface area contributed by atoms with Gasteiger partial charge in [-0.25, -0.2) is 9.37 Å². The Labute approximate surface area is 123 Å². The third-order valence-corrected chi connectivity index (χ3v) is 2.28. The Bertz CT molecular complexity index is 608. The Kier molecular flexibility index (Phi) is 7.03. The fourth-order valence-corrected chi connectivity index (χ4v) is 1.41. The molecular weight excluding hydrogens is 359 g/mol. The van der Waals surface area contributed by atoms with Crippen LogP contribution < -0.4 is 0 Å². The molecule has 0 saturated heterocycles. The Morgan fingerprint density at radius 3 is 2.60 bits per heavy atom. The third kappa shape index (κ3) is 8.02. The average Bonchev–Trinajstić information content (AvgIpc) is 2.27. The van der Waals surface area contributed by atoms with Crippen LogP contribution in [0.5, 0.6) is 0 Å². The van der Waals surface area contributed by atoms with Gasteiger partial charge in [0.1, 0.15) is 10.4 Å². The molecule has 112 valence electrons. The summed E-state index contributed by atoms with van der Waals surface area (Å²) < 4.78 is 39.6. The summed E-state index contributed by atoms with van der Waals surface area (Å²) in [6.07, 6.45) is 1.71. The zero-order chi connectivity index (χ0) is 16.0. The minimum atomic E-state index is -3.67. The van der Waals surface area contributed by atoms with E-state index in [1.807, 2.05) is 0 Å². The standard InChI is InChI=1S/C8H8BrFN4O.CH4O3S/c1-8(15,4-13-14-11)5-2-7(9)12-3-6(5)10;1-5(2,3)4/h2-3,15H,4H2,1H3;1H3,(H,2,3,4). The highest BCUT2D eigenvalue weighted by Crippen LogP contribution is 2.25. The van der Waals surface area contributed by atoms with E-state index in [4.69, 9.17) is 10.1 Å². The Morgan fingerprint density at radius 2 is 2.15 bits per heavy atom. The number of nitrogens with zero attached hydrogens (tertiary/aromatic N) is 4. The van der Waals surface area contributed by atoms with Crippen LogP contribution in [0, 0.1) is 5.82 Å². The predicted octanol–water partition coefficient (Wildman–Crippen LogP) is 2.00. The zero-order valence-corrected chi connectivity index (χ0v) is 12.9. The number of rotatable bonds is 3. The van der Waals surface area contributed by atoms with Crippen molar-refractivity contribution in [1.82, 2.24) is 4.98 Å². The monoisotopic (exact) mass is 370 g/mol. The van der Waals surface area contributed by atoms with Crippen LogP contribution in [-0.2, 0) is 15.7 Å². The van der Waals surface area contributed by atoms with E-state index >= 15 is 0 Å². The normalized spacial score (nSPS) is 13.5. The van der Waals surface area contributed by atoms with E-state index in [0.717, 1.165) is 6.20 Å². The SMILES string of the molecule is CC(O)(CN=[N+]=[N-])c1cc(Br)ncc1F.CS(=O)(=O)O. The molecule has 2 N–H and O–H groups in total. The van der Waals surface area contributed by atoms with Crippen molar-refractivity contribution in [1.29, 1.82) is 0 Å². The van der Waals surface area contributed by atoms with Gasteiger partial charge in [-0.15, -0.1) is 0 Å². The Morgan fingerprint density at radius 1 is 1.65 bits per heavy atom. The van der Waals surface area contributed by atoms with Crippen LogP contribution >= 0.6 is 15.9 Å². The van der Waals surface area contributed by atoms with Gasteiger partial charge in [0.05, 0.1) is 24.6 Å². The maximum absolute atomic E-state index is 13.3.